The third-order valence-corrected chi connectivity index (χ3v) is 2.71. The van der Waals surface area contributed by atoms with E-state index in [2.05, 4.69) is 18.7 Å². The minimum atomic E-state index is -0.570. The second-order valence-corrected chi connectivity index (χ2v) is 3.79. The van der Waals surface area contributed by atoms with Gasteiger partial charge in [-0.25, -0.2) is 0 Å². The second-order valence-electron chi connectivity index (χ2n) is 3.79. The molecular formula is C13H16O2. The van der Waals surface area contributed by atoms with Crippen molar-refractivity contribution in [2.45, 2.75) is 19.1 Å². The minimum Gasteiger partial charge on any atom is -0.344 e. The second kappa shape index (κ2) is 4.17. The average molecular weight is 204 g/mol. The number of rotatable bonds is 3. The molecule has 2 rings (SSSR count). The van der Waals surface area contributed by atoms with E-state index in [0.717, 1.165) is 12.0 Å². The first-order chi connectivity index (χ1) is 7.26. The van der Waals surface area contributed by atoms with Crippen LogP contribution in [-0.4, -0.2) is 13.2 Å². The van der Waals surface area contributed by atoms with Gasteiger partial charge in [-0.2, -0.15) is 0 Å². The standard InChI is InChI=1S/C13H16O2/c1-3-6-11-7-4-5-8-12(11)13(2)14-9-10-15-13/h3-5,7-8H,1,6,9-10H2,2H3. The van der Waals surface area contributed by atoms with Crippen LogP contribution in [0.4, 0.5) is 0 Å². The van der Waals surface area contributed by atoms with Gasteiger partial charge in [-0.1, -0.05) is 30.3 Å². The highest BCUT2D eigenvalue weighted by atomic mass is 16.7. The van der Waals surface area contributed by atoms with Crippen molar-refractivity contribution in [1.29, 1.82) is 0 Å². The quantitative estimate of drug-likeness (QED) is 0.705. The van der Waals surface area contributed by atoms with Gasteiger partial charge in [0.1, 0.15) is 0 Å². The molecule has 1 aromatic rings. The molecule has 0 spiro atoms. The summed E-state index contributed by atoms with van der Waals surface area (Å²) in [7, 11) is 0. The number of allylic oxidation sites excluding steroid dienone is 1. The maximum absolute atomic E-state index is 5.66. The Kier molecular flexibility index (Phi) is 2.89. The molecule has 0 amide bonds. The van der Waals surface area contributed by atoms with Crippen molar-refractivity contribution in [2.75, 3.05) is 13.2 Å². The van der Waals surface area contributed by atoms with Crippen LogP contribution in [0.2, 0.25) is 0 Å². The molecule has 0 saturated carbocycles. The van der Waals surface area contributed by atoms with E-state index in [1.165, 1.54) is 5.56 Å². The fourth-order valence-electron chi connectivity index (χ4n) is 1.97. The van der Waals surface area contributed by atoms with Crippen LogP contribution in [-0.2, 0) is 21.7 Å². The zero-order chi connectivity index (χ0) is 10.7. The maximum atomic E-state index is 5.66. The summed E-state index contributed by atoms with van der Waals surface area (Å²) in [5.74, 6) is -0.570. The van der Waals surface area contributed by atoms with Gasteiger partial charge in [0.05, 0.1) is 13.2 Å². The SMILES string of the molecule is C=CCc1ccccc1C1(C)OCCO1. The van der Waals surface area contributed by atoms with Crippen LogP contribution in [0.15, 0.2) is 36.9 Å². The summed E-state index contributed by atoms with van der Waals surface area (Å²) in [6.45, 7) is 7.07. The molecule has 0 N–H and O–H groups in total. The molecule has 1 heterocycles. The maximum Gasteiger partial charge on any atom is 0.192 e. The van der Waals surface area contributed by atoms with E-state index in [-0.39, 0.29) is 0 Å². The topological polar surface area (TPSA) is 18.5 Å². The molecule has 0 unspecified atom stereocenters. The van der Waals surface area contributed by atoms with Crippen molar-refractivity contribution in [1.82, 2.24) is 0 Å². The molecule has 0 bridgehead atoms. The van der Waals surface area contributed by atoms with Crippen molar-refractivity contribution in [3.63, 3.8) is 0 Å². The smallest absolute Gasteiger partial charge is 0.192 e. The third-order valence-electron chi connectivity index (χ3n) is 2.71. The Balaban J connectivity index is 2.37. The molecule has 1 saturated heterocycles. The van der Waals surface area contributed by atoms with Gasteiger partial charge in [-0.05, 0) is 18.9 Å². The van der Waals surface area contributed by atoms with E-state index in [0.29, 0.717) is 13.2 Å². The van der Waals surface area contributed by atoms with Crippen LogP contribution in [0.1, 0.15) is 18.1 Å². The Morgan fingerprint density at radius 1 is 1.33 bits per heavy atom. The van der Waals surface area contributed by atoms with Crippen LogP contribution >= 0.6 is 0 Å². The molecule has 80 valence electrons. The summed E-state index contributed by atoms with van der Waals surface area (Å²) in [6.07, 6.45) is 2.75. The van der Waals surface area contributed by atoms with E-state index in [1.54, 1.807) is 0 Å². The summed E-state index contributed by atoms with van der Waals surface area (Å²) in [5, 5.41) is 0. The lowest BCUT2D eigenvalue weighted by atomic mass is 9.98. The summed E-state index contributed by atoms with van der Waals surface area (Å²) in [6, 6.07) is 8.19. The largest absolute Gasteiger partial charge is 0.344 e. The van der Waals surface area contributed by atoms with E-state index < -0.39 is 5.79 Å². The minimum absolute atomic E-state index is 0.570. The highest BCUT2D eigenvalue weighted by Crippen LogP contribution is 2.33. The number of hydrogen-bond donors (Lipinski definition) is 0. The molecule has 1 fully saturated rings. The van der Waals surface area contributed by atoms with Gasteiger partial charge in [0.2, 0.25) is 0 Å². The third kappa shape index (κ3) is 1.96. The molecule has 2 nitrogen and oxygen atoms in total. The summed E-state index contributed by atoms with van der Waals surface area (Å²) in [5.41, 5.74) is 2.33. The van der Waals surface area contributed by atoms with Crippen molar-refractivity contribution >= 4 is 0 Å². The lowest BCUT2D eigenvalue weighted by Gasteiger charge is -2.25. The Labute approximate surface area is 90.5 Å². The lowest BCUT2D eigenvalue weighted by Crippen LogP contribution is -2.24. The summed E-state index contributed by atoms with van der Waals surface area (Å²) >= 11 is 0. The van der Waals surface area contributed by atoms with E-state index >= 15 is 0 Å². The van der Waals surface area contributed by atoms with Gasteiger partial charge >= 0.3 is 0 Å². The van der Waals surface area contributed by atoms with Gasteiger partial charge < -0.3 is 9.47 Å². The molecule has 0 radical (unpaired) electrons. The van der Waals surface area contributed by atoms with Crippen LogP contribution in [0.25, 0.3) is 0 Å². The monoisotopic (exact) mass is 204 g/mol. The molecular weight excluding hydrogens is 188 g/mol. The van der Waals surface area contributed by atoms with Gasteiger partial charge in [-0.15, -0.1) is 6.58 Å². The fraction of sp³-hybridized carbons (Fsp3) is 0.385. The number of hydrogen-bond acceptors (Lipinski definition) is 2. The molecule has 0 atom stereocenters. The highest BCUT2D eigenvalue weighted by Gasteiger charge is 2.34. The number of ether oxygens (including phenoxy) is 2. The molecule has 2 heteroatoms. The lowest BCUT2D eigenvalue weighted by molar-refractivity contribution is -0.150. The van der Waals surface area contributed by atoms with Crippen LogP contribution in [0.3, 0.4) is 0 Å². The van der Waals surface area contributed by atoms with Gasteiger partial charge in [0.15, 0.2) is 5.79 Å². The highest BCUT2D eigenvalue weighted by molar-refractivity contribution is 5.32. The van der Waals surface area contributed by atoms with Crippen molar-refractivity contribution in [3.8, 4) is 0 Å². The Hall–Kier alpha value is -1.12. The fourth-order valence-corrected chi connectivity index (χ4v) is 1.97. The molecule has 0 aromatic heterocycles. The first-order valence-electron chi connectivity index (χ1n) is 5.23. The Bertz CT molecular complexity index is 351. The van der Waals surface area contributed by atoms with E-state index in [1.807, 2.05) is 25.1 Å². The predicted octanol–water partition coefficient (Wildman–Crippen LogP) is 2.63. The first-order valence-corrected chi connectivity index (χ1v) is 5.23. The summed E-state index contributed by atoms with van der Waals surface area (Å²) in [4.78, 5) is 0. The van der Waals surface area contributed by atoms with E-state index in [9.17, 15) is 0 Å². The van der Waals surface area contributed by atoms with Crippen LogP contribution in [0, 0.1) is 0 Å². The van der Waals surface area contributed by atoms with Gasteiger partial charge in [-0.3, -0.25) is 0 Å². The average Bonchev–Trinajstić information content (AvgIpc) is 2.68. The Morgan fingerprint density at radius 3 is 2.67 bits per heavy atom. The van der Waals surface area contributed by atoms with Crippen molar-refractivity contribution < 1.29 is 9.47 Å². The van der Waals surface area contributed by atoms with Gasteiger partial charge in [0.25, 0.3) is 0 Å². The predicted molar refractivity (Wildman–Crippen MR) is 59.6 cm³/mol. The first kappa shape index (κ1) is 10.4. The van der Waals surface area contributed by atoms with Crippen molar-refractivity contribution in [2.24, 2.45) is 0 Å². The van der Waals surface area contributed by atoms with Crippen LogP contribution < -0.4 is 0 Å². The normalized spacial score (nSPS) is 19.0. The number of benzene rings is 1. The zero-order valence-corrected chi connectivity index (χ0v) is 9.03. The van der Waals surface area contributed by atoms with Crippen LogP contribution in [0.5, 0.6) is 0 Å². The molecule has 15 heavy (non-hydrogen) atoms. The molecule has 1 aliphatic heterocycles. The Morgan fingerprint density at radius 2 is 2.00 bits per heavy atom. The molecule has 0 aliphatic carbocycles. The molecule has 1 aromatic carbocycles. The van der Waals surface area contributed by atoms with Gasteiger partial charge in [0, 0.05) is 5.56 Å². The summed E-state index contributed by atoms with van der Waals surface area (Å²) < 4.78 is 11.3. The zero-order valence-electron chi connectivity index (χ0n) is 9.03. The molecule has 1 aliphatic rings. The van der Waals surface area contributed by atoms with Crippen molar-refractivity contribution in [3.05, 3.63) is 48.0 Å². The van der Waals surface area contributed by atoms with E-state index in [4.69, 9.17) is 9.47 Å².